The Balaban J connectivity index is 0.000000640. The fraction of sp³-hybridized carbons (Fsp3) is 0.833. The smallest absolute Gasteiger partial charge is 0.0625 e. The van der Waals surface area contributed by atoms with Crippen molar-refractivity contribution < 1.29 is 0 Å². The number of hydrogen-bond donors (Lipinski definition) is 1. The van der Waals surface area contributed by atoms with Crippen molar-refractivity contribution >= 4 is 12.4 Å². The second-order valence-corrected chi connectivity index (χ2v) is 2.22. The molecule has 0 radical (unpaired) electrons. The van der Waals surface area contributed by atoms with Crippen LogP contribution in [0, 0.1) is 17.2 Å². The molecule has 1 unspecified atom stereocenters. The Morgan fingerprint density at radius 3 is 2.89 bits per heavy atom. The molecule has 0 aromatic rings. The van der Waals surface area contributed by atoms with Gasteiger partial charge >= 0.3 is 0 Å². The molecule has 1 heterocycles. The highest BCUT2D eigenvalue weighted by atomic mass is 35.5. The van der Waals surface area contributed by atoms with Crippen LogP contribution in [0.25, 0.3) is 0 Å². The van der Waals surface area contributed by atoms with E-state index in [1.807, 2.05) is 0 Å². The lowest BCUT2D eigenvalue weighted by Gasteiger charge is -1.96. The standard InChI is InChI=1S/C6H10N2.ClH/c7-3-1-6-2-4-8-5-6;/h6,8H,1-2,4-5H2;1H. The molecule has 1 rings (SSSR count). The van der Waals surface area contributed by atoms with Gasteiger partial charge in [0.15, 0.2) is 0 Å². The van der Waals surface area contributed by atoms with Crippen molar-refractivity contribution in [3.05, 3.63) is 0 Å². The molecule has 9 heavy (non-hydrogen) atoms. The average Bonchev–Trinajstić information content (AvgIpc) is 2.19. The summed E-state index contributed by atoms with van der Waals surface area (Å²) < 4.78 is 0. The molecule has 0 aromatic carbocycles. The molecule has 1 atom stereocenters. The van der Waals surface area contributed by atoms with Crippen LogP contribution >= 0.6 is 12.4 Å². The highest BCUT2D eigenvalue weighted by molar-refractivity contribution is 5.85. The lowest BCUT2D eigenvalue weighted by Crippen LogP contribution is -2.08. The first-order valence-corrected chi connectivity index (χ1v) is 3.01. The van der Waals surface area contributed by atoms with Gasteiger partial charge in [0, 0.05) is 6.42 Å². The molecule has 0 aliphatic carbocycles. The van der Waals surface area contributed by atoms with Gasteiger partial charge in [-0.2, -0.15) is 5.26 Å². The van der Waals surface area contributed by atoms with Crippen molar-refractivity contribution in [2.75, 3.05) is 13.1 Å². The maximum Gasteiger partial charge on any atom is 0.0625 e. The lowest BCUT2D eigenvalue weighted by molar-refractivity contribution is 0.599. The molecule has 0 saturated carbocycles. The summed E-state index contributed by atoms with van der Waals surface area (Å²) in [6.45, 7) is 2.15. The van der Waals surface area contributed by atoms with E-state index in [1.54, 1.807) is 0 Å². The van der Waals surface area contributed by atoms with Crippen molar-refractivity contribution in [2.45, 2.75) is 12.8 Å². The zero-order valence-electron chi connectivity index (χ0n) is 5.26. The molecule has 2 nitrogen and oxygen atoms in total. The molecule has 0 bridgehead atoms. The topological polar surface area (TPSA) is 35.8 Å². The predicted octanol–water partition coefficient (Wildman–Crippen LogP) is 0.931. The fourth-order valence-electron chi connectivity index (χ4n) is 1.02. The van der Waals surface area contributed by atoms with E-state index >= 15 is 0 Å². The molecule has 3 heteroatoms. The Kier molecular flexibility index (Phi) is 4.47. The number of nitrogens with one attached hydrogen (secondary N) is 1. The van der Waals surface area contributed by atoms with Gasteiger partial charge in [0.05, 0.1) is 6.07 Å². The minimum Gasteiger partial charge on any atom is -0.316 e. The minimum atomic E-state index is 0. The fourth-order valence-corrected chi connectivity index (χ4v) is 1.02. The zero-order valence-corrected chi connectivity index (χ0v) is 6.08. The van der Waals surface area contributed by atoms with Crippen LogP contribution in [0.1, 0.15) is 12.8 Å². The number of hydrogen-bond acceptors (Lipinski definition) is 2. The first kappa shape index (κ1) is 8.74. The van der Waals surface area contributed by atoms with E-state index < -0.39 is 0 Å². The SMILES string of the molecule is Cl.N#CCC1CCNC1. The molecule has 0 aromatic heterocycles. The van der Waals surface area contributed by atoms with E-state index in [2.05, 4.69) is 11.4 Å². The zero-order chi connectivity index (χ0) is 5.82. The third kappa shape index (κ3) is 2.69. The maximum absolute atomic E-state index is 8.25. The van der Waals surface area contributed by atoms with E-state index in [0.29, 0.717) is 5.92 Å². The van der Waals surface area contributed by atoms with Gasteiger partial charge in [-0.25, -0.2) is 0 Å². The maximum atomic E-state index is 8.25. The van der Waals surface area contributed by atoms with E-state index in [0.717, 1.165) is 19.5 Å². The molecule has 1 saturated heterocycles. The quantitative estimate of drug-likeness (QED) is 0.598. The molecular weight excluding hydrogens is 136 g/mol. The van der Waals surface area contributed by atoms with Crippen LogP contribution < -0.4 is 5.32 Å². The van der Waals surface area contributed by atoms with Gasteiger partial charge in [0.25, 0.3) is 0 Å². The van der Waals surface area contributed by atoms with Crippen LogP contribution in [-0.2, 0) is 0 Å². The second kappa shape index (κ2) is 4.60. The molecule has 52 valence electrons. The van der Waals surface area contributed by atoms with Gasteiger partial charge in [-0.15, -0.1) is 12.4 Å². The number of halogens is 1. The summed E-state index contributed by atoms with van der Waals surface area (Å²) in [5.41, 5.74) is 0. The van der Waals surface area contributed by atoms with Crippen molar-refractivity contribution in [1.82, 2.24) is 5.32 Å². The van der Waals surface area contributed by atoms with Gasteiger partial charge in [-0.3, -0.25) is 0 Å². The summed E-state index contributed by atoms with van der Waals surface area (Å²) in [6, 6.07) is 2.17. The molecule has 0 amide bonds. The van der Waals surface area contributed by atoms with E-state index in [-0.39, 0.29) is 12.4 Å². The van der Waals surface area contributed by atoms with Gasteiger partial charge in [0.2, 0.25) is 0 Å². The Morgan fingerprint density at radius 2 is 2.44 bits per heavy atom. The number of nitrogens with zero attached hydrogens (tertiary/aromatic N) is 1. The molecule has 0 spiro atoms. The first-order chi connectivity index (χ1) is 3.93. The van der Waals surface area contributed by atoms with Crippen LogP contribution in [0.3, 0.4) is 0 Å². The van der Waals surface area contributed by atoms with E-state index in [9.17, 15) is 0 Å². The van der Waals surface area contributed by atoms with Gasteiger partial charge in [-0.05, 0) is 25.4 Å². The molecule has 1 aliphatic rings. The van der Waals surface area contributed by atoms with Crippen molar-refractivity contribution in [2.24, 2.45) is 5.92 Å². The third-order valence-corrected chi connectivity index (χ3v) is 1.54. The summed E-state index contributed by atoms with van der Waals surface area (Å²) in [5.74, 6) is 0.639. The Bertz CT molecular complexity index is 102. The summed E-state index contributed by atoms with van der Waals surface area (Å²) in [6.07, 6.45) is 1.92. The molecule has 1 N–H and O–H groups in total. The number of rotatable bonds is 1. The van der Waals surface area contributed by atoms with Crippen LogP contribution in [0.2, 0.25) is 0 Å². The third-order valence-electron chi connectivity index (χ3n) is 1.54. The number of nitriles is 1. The van der Waals surface area contributed by atoms with Crippen molar-refractivity contribution in [3.8, 4) is 6.07 Å². The first-order valence-electron chi connectivity index (χ1n) is 3.01. The lowest BCUT2D eigenvalue weighted by atomic mass is 10.1. The molecule has 1 aliphatic heterocycles. The molecular formula is C6H11ClN2. The Morgan fingerprint density at radius 1 is 1.67 bits per heavy atom. The predicted molar refractivity (Wildman–Crippen MR) is 38.5 cm³/mol. The summed E-state index contributed by atoms with van der Waals surface area (Å²) >= 11 is 0. The van der Waals surface area contributed by atoms with Crippen LogP contribution in [0.4, 0.5) is 0 Å². The summed E-state index contributed by atoms with van der Waals surface area (Å²) in [5, 5.41) is 11.5. The second-order valence-electron chi connectivity index (χ2n) is 2.22. The highest BCUT2D eigenvalue weighted by Crippen LogP contribution is 2.09. The van der Waals surface area contributed by atoms with E-state index in [4.69, 9.17) is 5.26 Å². The highest BCUT2D eigenvalue weighted by Gasteiger charge is 2.12. The largest absolute Gasteiger partial charge is 0.316 e. The van der Waals surface area contributed by atoms with Crippen LogP contribution in [0.5, 0.6) is 0 Å². The van der Waals surface area contributed by atoms with E-state index in [1.165, 1.54) is 6.42 Å². The average molecular weight is 147 g/mol. The minimum absolute atomic E-state index is 0. The van der Waals surface area contributed by atoms with Gasteiger partial charge < -0.3 is 5.32 Å². The summed E-state index contributed by atoms with van der Waals surface area (Å²) in [4.78, 5) is 0. The van der Waals surface area contributed by atoms with Gasteiger partial charge in [-0.1, -0.05) is 0 Å². The molecule has 1 fully saturated rings. The van der Waals surface area contributed by atoms with Crippen molar-refractivity contribution in [3.63, 3.8) is 0 Å². The monoisotopic (exact) mass is 146 g/mol. The van der Waals surface area contributed by atoms with Crippen LogP contribution in [0.15, 0.2) is 0 Å². The van der Waals surface area contributed by atoms with Crippen LogP contribution in [-0.4, -0.2) is 13.1 Å². The summed E-state index contributed by atoms with van der Waals surface area (Å²) in [7, 11) is 0. The normalized spacial score (nSPS) is 24.6. The Labute approximate surface area is 61.7 Å². The Hall–Kier alpha value is -0.260. The van der Waals surface area contributed by atoms with Gasteiger partial charge in [0.1, 0.15) is 0 Å². The van der Waals surface area contributed by atoms with Crippen molar-refractivity contribution in [1.29, 1.82) is 5.26 Å².